The lowest BCUT2D eigenvalue weighted by atomic mass is 10.8. The Bertz CT molecular complexity index is 116. The van der Waals surface area contributed by atoms with Crippen molar-refractivity contribution in [3.63, 3.8) is 0 Å². The highest BCUT2D eigenvalue weighted by atomic mass is 35.5. The molecule has 0 aliphatic carbocycles. The molecule has 0 saturated carbocycles. The molecule has 0 saturated heterocycles. The third kappa shape index (κ3) is 1.99. The molecule has 0 fully saturated rings. The molecule has 0 aliphatic heterocycles. The van der Waals surface area contributed by atoms with Gasteiger partial charge in [0.15, 0.2) is 0 Å². The lowest BCUT2D eigenvalue weighted by molar-refractivity contribution is 0.316. The highest BCUT2D eigenvalue weighted by molar-refractivity contribution is 7.00. The standard InChI is InChI=1S/C2H2Cl2N2O2/c3-1(5-7)2(4)6-8/h7-8H/b5-1-,6-2+. The third-order valence-corrected chi connectivity index (χ3v) is 0.952. The first-order chi connectivity index (χ1) is 3.72. The number of hydrogen-bond acceptors (Lipinski definition) is 4. The van der Waals surface area contributed by atoms with Crippen molar-refractivity contribution >= 4 is 33.5 Å². The molecule has 0 amide bonds. The quantitative estimate of drug-likeness (QED) is 0.339. The maximum atomic E-state index is 7.82. The van der Waals surface area contributed by atoms with E-state index in [9.17, 15) is 0 Å². The van der Waals surface area contributed by atoms with E-state index in [-0.39, 0.29) is 0 Å². The summed E-state index contributed by atoms with van der Waals surface area (Å²) in [5.41, 5.74) is 0. The SMILES string of the molecule is O/N=C(Cl)/C(Cl)=N\O. The number of oxime groups is 2. The van der Waals surface area contributed by atoms with Gasteiger partial charge in [-0.25, -0.2) is 0 Å². The zero-order valence-corrected chi connectivity index (χ0v) is 5.06. The van der Waals surface area contributed by atoms with Gasteiger partial charge in [0.2, 0.25) is 10.3 Å². The van der Waals surface area contributed by atoms with Gasteiger partial charge in [0.05, 0.1) is 0 Å². The van der Waals surface area contributed by atoms with Crippen LogP contribution in [0.15, 0.2) is 10.3 Å². The minimum Gasteiger partial charge on any atom is -0.410 e. The second-order valence-electron chi connectivity index (χ2n) is 0.782. The molecule has 0 heterocycles. The second-order valence-corrected chi connectivity index (χ2v) is 1.50. The first-order valence-corrected chi connectivity index (χ1v) is 2.23. The zero-order valence-electron chi connectivity index (χ0n) is 3.54. The Morgan fingerprint density at radius 3 is 1.38 bits per heavy atom. The summed E-state index contributed by atoms with van der Waals surface area (Å²) in [5.74, 6) is 0. The summed E-state index contributed by atoms with van der Waals surface area (Å²) in [7, 11) is 0. The Morgan fingerprint density at radius 1 is 1.00 bits per heavy atom. The van der Waals surface area contributed by atoms with Gasteiger partial charge in [-0.3, -0.25) is 0 Å². The first-order valence-electron chi connectivity index (χ1n) is 1.48. The second kappa shape index (κ2) is 3.51. The zero-order chi connectivity index (χ0) is 6.57. The van der Waals surface area contributed by atoms with Crippen LogP contribution in [0.4, 0.5) is 0 Å². The summed E-state index contributed by atoms with van der Waals surface area (Å²) in [6.07, 6.45) is 0. The summed E-state index contributed by atoms with van der Waals surface area (Å²) >= 11 is 9.99. The maximum Gasteiger partial charge on any atom is 0.208 e. The molecule has 8 heavy (non-hydrogen) atoms. The van der Waals surface area contributed by atoms with Crippen LogP contribution in [0.1, 0.15) is 0 Å². The van der Waals surface area contributed by atoms with Crippen LogP contribution in [-0.2, 0) is 0 Å². The molecule has 0 aromatic rings. The minimum absolute atomic E-state index is 0.450. The van der Waals surface area contributed by atoms with Crippen molar-refractivity contribution in [3.05, 3.63) is 0 Å². The number of hydrogen-bond donors (Lipinski definition) is 2. The van der Waals surface area contributed by atoms with Gasteiger partial charge in [-0.1, -0.05) is 33.5 Å². The van der Waals surface area contributed by atoms with Gasteiger partial charge in [-0.2, -0.15) is 0 Å². The molecule has 0 aromatic carbocycles. The Hall–Kier alpha value is -0.480. The molecule has 0 atom stereocenters. The van der Waals surface area contributed by atoms with Crippen LogP contribution in [-0.4, -0.2) is 20.8 Å². The average Bonchev–Trinajstić information content (AvgIpc) is 1.84. The molecule has 4 nitrogen and oxygen atoms in total. The topological polar surface area (TPSA) is 65.2 Å². The van der Waals surface area contributed by atoms with E-state index in [1.807, 2.05) is 0 Å². The van der Waals surface area contributed by atoms with Crippen molar-refractivity contribution in [2.45, 2.75) is 0 Å². The van der Waals surface area contributed by atoms with E-state index in [2.05, 4.69) is 10.3 Å². The Balaban J connectivity index is 4.04. The van der Waals surface area contributed by atoms with Gasteiger partial charge in [0, 0.05) is 0 Å². The van der Waals surface area contributed by atoms with Crippen LogP contribution < -0.4 is 0 Å². The third-order valence-electron chi connectivity index (χ3n) is 0.346. The van der Waals surface area contributed by atoms with Crippen LogP contribution in [0.25, 0.3) is 0 Å². The molecular weight excluding hydrogens is 155 g/mol. The van der Waals surface area contributed by atoms with Crippen LogP contribution in [0, 0.1) is 0 Å². The van der Waals surface area contributed by atoms with E-state index in [4.69, 9.17) is 33.6 Å². The number of rotatable bonds is 1. The molecule has 2 N–H and O–H groups in total. The van der Waals surface area contributed by atoms with E-state index in [0.29, 0.717) is 0 Å². The lowest BCUT2D eigenvalue weighted by Crippen LogP contribution is -1.97. The van der Waals surface area contributed by atoms with E-state index >= 15 is 0 Å². The summed E-state index contributed by atoms with van der Waals surface area (Å²) in [6.45, 7) is 0. The minimum atomic E-state index is -0.450. The van der Waals surface area contributed by atoms with Crippen molar-refractivity contribution in [1.29, 1.82) is 0 Å². The molecule has 6 heteroatoms. The molecule has 0 spiro atoms. The van der Waals surface area contributed by atoms with Gasteiger partial charge >= 0.3 is 0 Å². The predicted molar refractivity (Wildman–Crippen MR) is 30.1 cm³/mol. The molecule has 0 unspecified atom stereocenters. The van der Waals surface area contributed by atoms with Crippen LogP contribution in [0.2, 0.25) is 0 Å². The van der Waals surface area contributed by atoms with Crippen LogP contribution >= 0.6 is 23.2 Å². The summed E-state index contributed by atoms with van der Waals surface area (Å²) < 4.78 is 0. The van der Waals surface area contributed by atoms with Gasteiger partial charge in [-0.15, -0.1) is 0 Å². The van der Waals surface area contributed by atoms with E-state index in [1.54, 1.807) is 0 Å². The predicted octanol–water partition coefficient (Wildman–Crippen LogP) is 1.04. The highest BCUT2D eigenvalue weighted by Gasteiger charge is 2.00. The molecule has 0 aliphatic rings. The van der Waals surface area contributed by atoms with Crippen molar-refractivity contribution in [3.8, 4) is 0 Å². The maximum absolute atomic E-state index is 7.82. The normalized spacial score (nSPS) is 14.2. The van der Waals surface area contributed by atoms with E-state index in [1.165, 1.54) is 0 Å². The van der Waals surface area contributed by atoms with Crippen molar-refractivity contribution in [1.82, 2.24) is 0 Å². The lowest BCUT2D eigenvalue weighted by Gasteiger charge is -1.83. The summed E-state index contributed by atoms with van der Waals surface area (Å²) in [4.78, 5) is 0. The van der Waals surface area contributed by atoms with Crippen LogP contribution in [0.5, 0.6) is 0 Å². The molecule has 0 rings (SSSR count). The van der Waals surface area contributed by atoms with Gasteiger partial charge in [-0.05, 0) is 0 Å². The Morgan fingerprint density at radius 2 is 1.25 bits per heavy atom. The van der Waals surface area contributed by atoms with Crippen molar-refractivity contribution in [2.24, 2.45) is 10.3 Å². The Kier molecular flexibility index (Phi) is 3.30. The van der Waals surface area contributed by atoms with Crippen molar-refractivity contribution < 1.29 is 10.4 Å². The van der Waals surface area contributed by atoms with Gasteiger partial charge in [0.1, 0.15) is 0 Å². The average molecular weight is 157 g/mol. The number of nitrogens with zero attached hydrogens (tertiary/aromatic N) is 2. The monoisotopic (exact) mass is 156 g/mol. The molecule has 0 bridgehead atoms. The summed E-state index contributed by atoms with van der Waals surface area (Å²) in [5, 5.41) is 19.6. The Labute approximate surface area is 55.0 Å². The smallest absolute Gasteiger partial charge is 0.208 e. The summed E-state index contributed by atoms with van der Waals surface area (Å²) in [6, 6.07) is 0. The van der Waals surface area contributed by atoms with E-state index in [0.717, 1.165) is 0 Å². The first kappa shape index (κ1) is 7.52. The molecule has 0 aromatic heterocycles. The van der Waals surface area contributed by atoms with Gasteiger partial charge in [0.25, 0.3) is 0 Å². The fourth-order valence-electron chi connectivity index (χ4n) is 0.0825. The fourth-order valence-corrected chi connectivity index (χ4v) is 0.158. The van der Waals surface area contributed by atoms with E-state index < -0.39 is 10.3 Å². The molecular formula is C2H2Cl2N2O2. The largest absolute Gasteiger partial charge is 0.410 e. The fraction of sp³-hybridized carbons (Fsp3) is 0. The number of halogens is 2. The van der Waals surface area contributed by atoms with Crippen molar-refractivity contribution in [2.75, 3.05) is 0 Å². The molecule has 0 radical (unpaired) electrons. The highest BCUT2D eigenvalue weighted by Crippen LogP contribution is 1.93. The van der Waals surface area contributed by atoms with Crippen LogP contribution in [0.3, 0.4) is 0 Å². The molecule has 46 valence electrons. The van der Waals surface area contributed by atoms with Gasteiger partial charge < -0.3 is 10.4 Å².